The van der Waals surface area contributed by atoms with Crippen molar-refractivity contribution in [3.8, 4) is 0 Å². The van der Waals surface area contributed by atoms with Crippen LogP contribution in [0, 0.1) is 17.6 Å². The Labute approximate surface area is 124 Å². The average Bonchev–Trinajstić information content (AvgIpc) is 2.88. The molecular weight excluding hydrogens is 276 g/mol. The van der Waals surface area contributed by atoms with E-state index in [1.165, 1.54) is 49.6 Å². The highest BCUT2D eigenvalue weighted by Crippen LogP contribution is 2.33. The van der Waals surface area contributed by atoms with Crippen molar-refractivity contribution in [1.29, 1.82) is 0 Å². The van der Waals surface area contributed by atoms with Crippen molar-refractivity contribution in [1.82, 2.24) is 5.32 Å². The molecule has 0 heterocycles. The first-order valence-electron chi connectivity index (χ1n) is 7.40. The fourth-order valence-corrected chi connectivity index (χ4v) is 3.68. The molecule has 1 saturated carbocycles. The zero-order valence-corrected chi connectivity index (χ0v) is 13.0. The molecule has 0 aliphatic heterocycles. The lowest BCUT2D eigenvalue weighted by molar-refractivity contribution is 0.528. The molecule has 0 saturated heterocycles. The van der Waals surface area contributed by atoms with Crippen LogP contribution in [-0.4, -0.2) is 11.8 Å². The summed E-state index contributed by atoms with van der Waals surface area (Å²) in [6.07, 6.45) is 4.92. The summed E-state index contributed by atoms with van der Waals surface area (Å²) in [6, 6.07) is 3.21. The Morgan fingerprint density at radius 2 is 1.80 bits per heavy atom. The second-order valence-corrected chi connectivity index (χ2v) is 6.92. The van der Waals surface area contributed by atoms with Crippen molar-refractivity contribution >= 4 is 11.8 Å². The molecule has 0 bridgehead atoms. The monoisotopic (exact) mass is 299 g/mol. The molecule has 1 aromatic rings. The molecule has 1 nitrogen and oxygen atoms in total. The molecule has 112 valence electrons. The molecule has 0 amide bonds. The van der Waals surface area contributed by atoms with Gasteiger partial charge in [0, 0.05) is 18.3 Å². The molecule has 0 aromatic heterocycles. The van der Waals surface area contributed by atoms with Crippen LogP contribution >= 0.6 is 11.8 Å². The van der Waals surface area contributed by atoms with Crippen LogP contribution in [0.5, 0.6) is 0 Å². The predicted octanol–water partition coefficient (Wildman–Crippen LogP) is 4.75. The second kappa shape index (κ2) is 7.41. The van der Waals surface area contributed by atoms with Crippen LogP contribution in [-0.2, 0) is 6.54 Å². The van der Waals surface area contributed by atoms with Gasteiger partial charge in [-0.1, -0.05) is 26.7 Å². The first-order chi connectivity index (χ1) is 9.56. The van der Waals surface area contributed by atoms with E-state index in [9.17, 15) is 8.78 Å². The predicted molar refractivity (Wildman–Crippen MR) is 81.0 cm³/mol. The smallest absolute Gasteiger partial charge is 0.140 e. The lowest BCUT2D eigenvalue weighted by Crippen LogP contribution is -2.22. The largest absolute Gasteiger partial charge is 0.310 e. The molecule has 0 unspecified atom stereocenters. The van der Waals surface area contributed by atoms with Gasteiger partial charge in [-0.25, -0.2) is 8.78 Å². The molecule has 1 aliphatic carbocycles. The molecule has 0 radical (unpaired) electrons. The van der Waals surface area contributed by atoms with Crippen LogP contribution in [0.25, 0.3) is 0 Å². The van der Waals surface area contributed by atoms with E-state index in [1.807, 2.05) is 13.8 Å². The number of nitrogens with one attached hydrogen (secondary N) is 1. The SMILES string of the molecule is CC(C)NCc1cc(F)c(SCC2CCCC2)c(F)c1. The van der Waals surface area contributed by atoms with Crippen LogP contribution in [0.2, 0.25) is 0 Å². The maximum atomic E-state index is 14.0. The third-order valence-corrected chi connectivity index (χ3v) is 5.03. The summed E-state index contributed by atoms with van der Waals surface area (Å²) in [5.41, 5.74) is 0.666. The number of thioether (sulfide) groups is 1. The van der Waals surface area contributed by atoms with Crippen molar-refractivity contribution in [2.75, 3.05) is 5.75 Å². The summed E-state index contributed by atoms with van der Waals surface area (Å²) in [5.74, 6) is 0.612. The average molecular weight is 299 g/mol. The first-order valence-corrected chi connectivity index (χ1v) is 8.39. The lowest BCUT2D eigenvalue weighted by atomic mass is 10.1. The molecule has 0 spiro atoms. The van der Waals surface area contributed by atoms with E-state index in [-0.39, 0.29) is 4.90 Å². The Balaban J connectivity index is 1.98. The van der Waals surface area contributed by atoms with Gasteiger partial charge in [-0.3, -0.25) is 0 Å². The van der Waals surface area contributed by atoms with E-state index in [0.717, 1.165) is 5.75 Å². The zero-order valence-electron chi connectivity index (χ0n) is 12.2. The van der Waals surface area contributed by atoms with Gasteiger partial charge >= 0.3 is 0 Å². The van der Waals surface area contributed by atoms with Gasteiger partial charge in [0.15, 0.2) is 0 Å². The van der Waals surface area contributed by atoms with Gasteiger partial charge in [-0.15, -0.1) is 11.8 Å². The molecule has 1 fully saturated rings. The van der Waals surface area contributed by atoms with Gasteiger partial charge in [0.05, 0.1) is 4.90 Å². The molecule has 1 aromatic carbocycles. The minimum absolute atomic E-state index is 0.185. The zero-order chi connectivity index (χ0) is 14.5. The quantitative estimate of drug-likeness (QED) is 0.761. The van der Waals surface area contributed by atoms with Crippen LogP contribution in [0.15, 0.2) is 17.0 Å². The Kier molecular flexibility index (Phi) is 5.85. The number of rotatable bonds is 6. The van der Waals surface area contributed by atoms with Crippen molar-refractivity contribution in [2.45, 2.75) is 57.0 Å². The second-order valence-electron chi connectivity index (χ2n) is 5.89. The van der Waals surface area contributed by atoms with Gasteiger partial charge in [0.1, 0.15) is 11.6 Å². The number of hydrogen-bond donors (Lipinski definition) is 1. The highest BCUT2D eigenvalue weighted by Gasteiger charge is 2.18. The van der Waals surface area contributed by atoms with E-state index >= 15 is 0 Å². The van der Waals surface area contributed by atoms with E-state index in [2.05, 4.69) is 5.32 Å². The minimum Gasteiger partial charge on any atom is -0.310 e. The van der Waals surface area contributed by atoms with Gasteiger partial charge in [0.2, 0.25) is 0 Å². The van der Waals surface area contributed by atoms with Crippen molar-refractivity contribution < 1.29 is 8.78 Å². The summed E-state index contributed by atoms with van der Waals surface area (Å²) in [5, 5.41) is 3.17. The summed E-state index contributed by atoms with van der Waals surface area (Å²) in [7, 11) is 0. The normalized spacial score (nSPS) is 16.2. The van der Waals surface area contributed by atoms with Crippen LogP contribution in [0.1, 0.15) is 45.1 Å². The Hall–Kier alpha value is -0.610. The first kappa shape index (κ1) is 15.8. The van der Waals surface area contributed by atoms with Gasteiger partial charge in [0.25, 0.3) is 0 Å². The molecule has 2 rings (SSSR count). The third-order valence-electron chi connectivity index (χ3n) is 3.71. The summed E-state index contributed by atoms with van der Waals surface area (Å²) in [6.45, 7) is 4.52. The van der Waals surface area contributed by atoms with Crippen LogP contribution in [0.4, 0.5) is 8.78 Å². The lowest BCUT2D eigenvalue weighted by Gasteiger charge is -2.12. The van der Waals surface area contributed by atoms with Gasteiger partial charge in [-0.05, 0) is 36.5 Å². The molecule has 20 heavy (non-hydrogen) atoms. The Morgan fingerprint density at radius 1 is 1.20 bits per heavy atom. The standard InChI is InChI=1S/C16H23F2NS/c1-11(2)19-9-13-7-14(17)16(15(18)8-13)20-10-12-5-3-4-6-12/h7-8,11-12,19H,3-6,9-10H2,1-2H3. The summed E-state index contributed by atoms with van der Waals surface area (Å²) < 4.78 is 28.0. The molecule has 1 aliphatic rings. The fourth-order valence-electron chi connectivity index (χ4n) is 2.55. The molecule has 4 heteroatoms. The molecular formula is C16H23F2NS. The Bertz CT molecular complexity index is 419. The molecule has 1 N–H and O–H groups in total. The summed E-state index contributed by atoms with van der Waals surface area (Å²) >= 11 is 1.33. The van der Waals surface area contributed by atoms with Gasteiger partial charge in [-0.2, -0.15) is 0 Å². The third kappa shape index (κ3) is 4.45. The van der Waals surface area contributed by atoms with Crippen LogP contribution in [0.3, 0.4) is 0 Å². The highest BCUT2D eigenvalue weighted by atomic mass is 32.2. The van der Waals surface area contributed by atoms with Crippen molar-refractivity contribution in [3.05, 3.63) is 29.3 Å². The van der Waals surface area contributed by atoms with Crippen molar-refractivity contribution in [3.63, 3.8) is 0 Å². The highest BCUT2D eigenvalue weighted by molar-refractivity contribution is 7.99. The fraction of sp³-hybridized carbons (Fsp3) is 0.625. The summed E-state index contributed by atoms with van der Waals surface area (Å²) in [4.78, 5) is 0.185. The van der Waals surface area contributed by atoms with Gasteiger partial charge < -0.3 is 5.32 Å². The van der Waals surface area contributed by atoms with E-state index in [4.69, 9.17) is 0 Å². The number of halogens is 2. The van der Waals surface area contributed by atoms with Crippen molar-refractivity contribution in [2.24, 2.45) is 5.92 Å². The maximum absolute atomic E-state index is 14.0. The maximum Gasteiger partial charge on any atom is 0.140 e. The topological polar surface area (TPSA) is 12.0 Å². The number of benzene rings is 1. The minimum atomic E-state index is -0.423. The van der Waals surface area contributed by atoms with Crippen LogP contribution < -0.4 is 5.32 Å². The van der Waals surface area contributed by atoms with E-state index in [1.54, 1.807) is 0 Å². The number of hydrogen-bond acceptors (Lipinski definition) is 2. The molecule has 0 atom stereocenters. The van der Waals surface area contributed by atoms with E-state index < -0.39 is 11.6 Å². The van der Waals surface area contributed by atoms with E-state index in [0.29, 0.717) is 24.1 Å². The Morgan fingerprint density at radius 3 is 2.35 bits per heavy atom.